The number of ether oxygens (including phenoxy) is 3. The van der Waals surface area contributed by atoms with E-state index in [1.165, 1.54) is 13.2 Å². The van der Waals surface area contributed by atoms with Crippen molar-refractivity contribution in [2.75, 3.05) is 26.8 Å². The summed E-state index contributed by atoms with van der Waals surface area (Å²) in [7, 11) is 1.44. The van der Waals surface area contributed by atoms with Crippen molar-refractivity contribution in [2.24, 2.45) is 5.92 Å². The first kappa shape index (κ1) is 27.7. The van der Waals surface area contributed by atoms with Gasteiger partial charge in [-0.1, -0.05) is 18.2 Å². The Balaban J connectivity index is 1.27. The quantitative estimate of drug-likeness (QED) is 0.318. The molecular formula is C28H35N7O4. The van der Waals surface area contributed by atoms with E-state index in [4.69, 9.17) is 19.6 Å². The van der Waals surface area contributed by atoms with Crippen molar-refractivity contribution in [3.8, 4) is 17.1 Å². The molecule has 1 aromatic carbocycles. The van der Waals surface area contributed by atoms with Crippen LogP contribution in [0.4, 0.5) is 4.79 Å². The fourth-order valence-corrected chi connectivity index (χ4v) is 4.06. The van der Waals surface area contributed by atoms with Crippen LogP contribution in [0.2, 0.25) is 0 Å². The minimum atomic E-state index is -0.486. The number of likely N-dealkylation sites (tertiary alicyclic amines) is 1. The molecule has 1 fully saturated rings. The highest BCUT2D eigenvalue weighted by atomic mass is 16.6. The number of methoxy groups -OCH3 is 1. The minimum Gasteiger partial charge on any atom is -0.490 e. The SMILES string of the molecule is COC(=N)/C=C\c1n[nH]c(Cc2cccc(-c3ncc(OCC4CCN(C(=O)OC(C)(C)C)CC4)cn3)c2)n1. The number of H-pyrrole nitrogens is 1. The van der Waals surface area contributed by atoms with Gasteiger partial charge in [0.15, 0.2) is 17.4 Å². The smallest absolute Gasteiger partial charge is 0.410 e. The second-order valence-electron chi connectivity index (χ2n) is 10.4. The summed E-state index contributed by atoms with van der Waals surface area (Å²) in [4.78, 5) is 27.5. The molecule has 1 saturated heterocycles. The van der Waals surface area contributed by atoms with Crippen molar-refractivity contribution < 1.29 is 19.0 Å². The van der Waals surface area contributed by atoms with Gasteiger partial charge in [-0.05, 0) is 57.2 Å². The molecular weight excluding hydrogens is 498 g/mol. The average molecular weight is 534 g/mol. The highest BCUT2D eigenvalue weighted by Gasteiger charge is 2.27. The number of benzene rings is 1. The maximum Gasteiger partial charge on any atom is 0.410 e. The van der Waals surface area contributed by atoms with Crippen LogP contribution in [0, 0.1) is 11.3 Å². The van der Waals surface area contributed by atoms with Gasteiger partial charge in [0, 0.05) is 31.1 Å². The fraction of sp³-hybridized carbons (Fsp3) is 0.429. The lowest BCUT2D eigenvalue weighted by molar-refractivity contribution is 0.0165. The Bertz CT molecular complexity index is 1290. The van der Waals surface area contributed by atoms with Gasteiger partial charge in [-0.15, -0.1) is 0 Å². The lowest BCUT2D eigenvalue weighted by atomic mass is 9.98. The molecule has 2 N–H and O–H groups in total. The number of carbonyl (C=O) groups excluding carboxylic acids is 1. The number of piperidine rings is 1. The standard InChI is InChI=1S/C28H35N7O4/c1-28(2,3)39-27(36)35-12-10-19(11-13-35)18-38-22-16-30-26(31-17-22)21-7-5-6-20(14-21)15-25-32-24(33-34-25)9-8-23(29)37-4/h5-9,14,16-17,19,29H,10-13,15,18H2,1-4H3,(H,32,33,34)/b9-8-,29-23?. The van der Waals surface area contributed by atoms with Crippen LogP contribution in [0.3, 0.4) is 0 Å². The Labute approximate surface area is 228 Å². The molecule has 0 atom stereocenters. The van der Waals surface area contributed by atoms with E-state index in [9.17, 15) is 4.79 Å². The van der Waals surface area contributed by atoms with Crippen LogP contribution in [-0.4, -0.2) is 74.4 Å². The zero-order valence-electron chi connectivity index (χ0n) is 22.8. The summed E-state index contributed by atoms with van der Waals surface area (Å²) in [6.07, 6.45) is 8.53. The molecule has 2 aromatic heterocycles. The third-order valence-electron chi connectivity index (χ3n) is 6.09. The Morgan fingerprint density at radius 2 is 1.95 bits per heavy atom. The van der Waals surface area contributed by atoms with Gasteiger partial charge in [-0.25, -0.2) is 19.7 Å². The van der Waals surface area contributed by atoms with Crippen LogP contribution in [0.1, 0.15) is 50.8 Å². The second kappa shape index (κ2) is 12.5. The Hall–Kier alpha value is -4.28. The Kier molecular flexibility index (Phi) is 8.90. The number of rotatable bonds is 8. The van der Waals surface area contributed by atoms with E-state index in [1.54, 1.807) is 23.4 Å². The van der Waals surface area contributed by atoms with Crippen molar-refractivity contribution in [3.63, 3.8) is 0 Å². The molecule has 11 heteroatoms. The van der Waals surface area contributed by atoms with Gasteiger partial charge in [0.05, 0.1) is 26.1 Å². The molecule has 0 unspecified atom stereocenters. The number of amides is 1. The summed E-state index contributed by atoms with van der Waals surface area (Å²) < 4.78 is 16.2. The van der Waals surface area contributed by atoms with Crippen LogP contribution in [-0.2, 0) is 15.9 Å². The van der Waals surface area contributed by atoms with Gasteiger partial charge in [-0.3, -0.25) is 10.5 Å². The molecule has 0 aliphatic carbocycles. The third kappa shape index (κ3) is 8.36. The average Bonchev–Trinajstić information content (AvgIpc) is 3.37. The molecule has 0 bridgehead atoms. The van der Waals surface area contributed by atoms with Gasteiger partial charge in [0.2, 0.25) is 5.90 Å². The summed E-state index contributed by atoms with van der Waals surface area (Å²) in [5.41, 5.74) is 1.44. The summed E-state index contributed by atoms with van der Waals surface area (Å²) in [5.74, 6) is 2.81. The summed E-state index contributed by atoms with van der Waals surface area (Å²) >= 11 is 0. The second-order valence-corrected chi connectivity index (χ2v) is 10.4. The predicted octanol–water partition coefficient (Wildman–Crippen LogP) is 4.52. The number of hydrogen-bond acceptors (Lipinski definition) is 9. The van der Waals surface area contributed by atoms with Crippen molar-refractivity contribution in [2.45, 2.75) is 45.6 Å². The van der Waals surface area contributed by atoms with E-state index >= 15 is 0 Å². The molecule has 1 aliphatic heterocycles. The first-order valence-corrected chi connectivity index (χ1v) is 12.9. The van der Waals surface area contributed by atoms with Crippen molar-refractivity contribution in [3.05, 3.63) is 59.9 Å². The summed E-state index contributed by atoms with van der Waals surface area (Å²) in [6.45, 7) is 7.52. The highest BCUT2D eigenvalue weighted by Crippen LogP contribution is 2.22. The van der Waals surface area contributed by atoms with Gasteiger partial charge >= 0.3 is 6.09 Å². The largest absolute Gasteiger partial charge is 0.490 e. The molecule has 1 aliphatic rings. The topological polar surface area (TPSA) is 139 Å². The van der Waals surface area contributed by atoms with Gasteiger partial charge in [0.25, 0.3) is 0 Å². The minimum absolute atomic E-state index is 0.0334. The lowest BCUT2D eigenvalue weighted by Crippen LogP contribution is -2.42. The summed E-state index contributed by atoms with van der Waals surface area (Å²) in [5, 5.41) is 14.6. The highest BCUT2D eigenvalue weighted by molar-refractivity contribution is 5.88. The molecule has 0 spiro atoms. The molecule has 11 nitrogen and oxygen atoms in total. The first-order valence-electron chi connectivity index (χ1n) is 12.9. The van der Waals surface area contributed by atoms with Crippen LogP contribution < -0.4 is 4.74 Å². The van der Waals surface area contributed by atoms with E-state index in [0.29, 0.717) is 55.3 Å². The Morgan fingerprint density at radius 1 is 1.21 bits per heavy atom. The van der Waals surface area contributed by atoms with Gasteiger partial charge in [-0.2, -0.15) is 5.10 Å². The number of aromatic nitrogens is 5. The molecule has 4 rings (SSSR count). The molecule has 3 aromatic rings. The molecule has 39 heavy (non-hydrogen) atoms. The number of hydrogen-bond donors (Lipinski definition) is 2. The zero-order valence-corrected chi connectivity index (χ0v) is 22.8. The molecule has 0 saturated carbocycles. The normalized spacial score (nSPS) is 14.4. The maximum atomic E-state index is 12.3. The van der Waals surface area contributed by atoms with Crippen molar-refractivity contribution in [1.29, 1.82) is 5.41 Å². The van der Waals surface area contributed by atoms with Gasteiger partial charge in [0.1, 0.15) is 11.4 Å². The maximum absolute atomic E-state index is 12.3. The monoisotopic (exact) mass is 533 g/mol. The lowest BCUT2D eigenvalue weighted by Gasteiger charge is -2.33. The van der Waals surface area contributed by atoms with Crippen molar-refractivity contribution >= 4 is 18.1 Å². The first-order chi connectivity index (χ1) is 18.7. The number of aromatic amines is 1. The Morgan fingerprint density at radius 3 is 2.64 bits per heavy atom. The van der Waals surface area contributed by atoms with Crippen LogP contribution in [0.25, 0.3) is 17.5 Å². The molecule has 0 radical (unpaired) electrons. The van der Waals surface area contributed by atoms with E-state index < -0.39 is 5.60 Å². The fourth-order valence-electron chi connectivity index (χ4n) is 4.06. The van der Waals surface area contributed by atoms with E-state index in [1.807, 2.05) is 45.0 Å². The van der Waals surface area contributed by atoms with Crippen LogP contribution >= 0.6 is 0 Å². The molecule has 3 heterocycles. The van der Waals surface area contributed by atoms with E-state index in [-0.39, 0.29) is 12.0 Å². The van der Waals surface area contributed by atoms with Gasteiger partial charge < -0.3 is 19.1 Å². The van der Waals surface area contributed by atoms with E-state index in [2.05, 4.69) is 25.1 Å². The predicted molar refractivity (Wildman–Crippen MR) is 146 cm³/mol. The summed E-state index contributed by atoms with van der Waals surface area (Å²) in [6, 6.07) is 7.95. The number of carbonyl (C=O) groups is 1. The molecule has 206 valence electrons. The number of nitrogens with one attached hydrogen (secondary N) is 2. The van der Waals surface area contributed by atoms with Crippen LogP contribution in [0.5, 0.6) is 5.75 Å². The molecule has 1 amide bonds. The zero-order chi connectivity index (χ0) is 27.8. The number of nitrogens with zero attached hydrogens (tertiary/aromatic N) is 5. The van der Waals surface area contributed by atoms with E-state index in [0.717, 1.165) is 24.0 Å². The third-order valence-corrected chi connectivity index (χ3v) is 6.09. The van der Waals surface area contributed by atoms with Crippen LogP contribution in [0.15, 0.2) is 42.7 Å². The van der Waals surface area contributed by atoms with Crippen molar-refractivity contribution in [1.82, 2.24) is 30.0 Å².